The van der Waals surface area contributed by atoms with Crippen LogP contribution in [0.5, 0.6) is 0 Å². The Hall–Kier alpha value is -1.41. The molecule has 0 aliphatic rings. The molecule has 0 fully saturated rings. The zero-order valence-corrected chi connectivity index (χ0v) is 6.16. The number of Topliss-reactive ketones (excluding diaryl/α,β-unsaturated/α-hetero) is 1. The van der Waals surface area contributed by atoms with Crippen LogP contribution in [0.1, 0.15) is 6.92 Å². The Morgan fingerprint density at radius 1 is 1.82 bits per heavy atom. The van der Waals surface area contributed by atoms with Crippen LogP contribution < -0.4 is 5.32 Å². The average molecular weight is 155 g/mol. The lowest BCUT2D eigenvalue weighted by atomic mass is 10.3. The van der Waals surface area contributed by atoms with Gasteiger partial charge < -0.3 is 5.21 Å². The molecule has 5 nitrogen and oxygen atoms in total. The fourth-order valence-electron chi connectivity index (χ4n) is 0.467. The minimum Gasteiger partial charge on any atom is -0.411 e. The molecule has 0 aliphatic heterocycles. The molecule has 0 atom stereocenters. The molecule has 60 valence electrons. The number of ketones is 1. The van der Waals surface area contributed by atoms with Gasteiger partial charge in [0.15, 0.2) is 5.78 Å². The molecule has 0 radical (unpaired) electrons. The molecule has 0 amide bonds. The Bertz CT molecular complexity index is 204. The number of nitriles is 1. The summed E-state index contributed by atoms with van der Waals surface area (Å²) in [6.07, 6.45) is 0. The van der Waals surface area contributed by atoms with Crippen molar-refractivity contribution in [3.05, 3.63) is 0 Å². The molecule has 5 heteroatoms. The number of rotatable bonds is 4. The fourth-order valence-corrected chi connectivity index (χ4v) is 0.467. The van der Waals surface area contributed by atoms with Gasteiger partial charge in [-0.05, 0) is 0 Å². The highest BCUT2D eigenvalue weighted by Gasteiger charge is 2.04. The first-order valence-corrected chi connectivity index (χ1v) is 3.02. The van der Waals surface area contributed by atoms with Gasteiger partial charge in [0, 0.05) is 13.5 Å². The van der Waals surface area contributed by atoms with Gasteiger partial charge in [0.05, 0.1) is 12.6 Å². The number of hydrogen-bond acceptors (Lipinski definition) is 5. The van der Waals surface area contributed by atoms with Gasteiger partial charge in [-0.2, -0.15) is 5.26 Å². The molecule has 0 saturated heterocycles. The second-order valence-electron chi connectivity index (χ2n) is 1.86. The van der Waals surface area contributed by atoms with Crippen LogP contribution in [0.15, 0.2) is 5.16 Å². The summed E-state index contributed by atoms with van der Waals surface area (Å²) in [6.45, 7) is 1.55. The van der Waals surface area contributed by atoms with E-state index in [1.165, 1.54) is 6.92 Å². The minimum atomic E-state index is -0.307. The molecule has 0 aliphatic carbocycles. The lowest BCUT2D eigenvalue weighted by molar-refractivity contribution is -0.111. The highest BCUT2D eigenvalue weighted by atomic mass is 16.4. The summed E-state index contributed by atoms with van der Waals surface area (Å²) in [4.78, 5) is 10.6. The van der Waals surface area contributed by atoms with Crippen molar-refractivity contribution in [2.75, 3.05) is 13.1 Å². The summed E-state index contributed by atoms with van der Waals surface area (Å²) in [6, 6.07) is 1.83. The van der Waals surface area contributed by atoms with E-state index in [0.29, 0.717) is 0 Å². The lowest BCUT2D eigenvalue weighted by Gasteiger charge is -1.97. The second-order valence-corrected chi connectivity index (χ2v) is 1.86. The van der Waals surface area contributed by atoms with Gasteiger partial charge in [0.2, 0.25) is 0 Å². The van der Waals surface area contributed by atoms with E-state index in [4.69, 9.17) is 10.5 Å². The Morgan fingerprint density at radius 3 is 2.82 bits per heavy atom. The Labute approximate surface area is 64.3 Å². The molecule has 0 bridgehead atoms. The molecule has 0 unspecified atom stereocenters. The average Bonchev–Trinajstić information content (AvgIpc) is 1.97. The summed E-state index contributed by atoms with van der Waals surface area (Å²) in [5, 5.41) is 21.7. The fraction of sp³-hybridized carbons (Fsp3) is 0.500. The number of oxime groups is 1. The van der Waals surface area contributed by atoms with E-state index < -0.39 is 0 Å². The topological polar surface area (TPSA) is 85.5 Å². The molecular weight excluding hydrogens is 146 g/mol. The van der Waals surface area contributed by atoms with E-state index in [1.807, 2.05) is 6.07 Å². The van der Waals surface area contributed by atoms with Gasteiger partial charge in [-0.1, -0.05) is 5.16 Å². The van der Waals surface area contributed by atoms with Crippen LogP contribution >= 0.6 is 0 Å². The number of nitrogens with one attached hydrogen (secondary N) is 1. The van der Waals surface area contributed by atoms with E-state index in [2.05, 4.69) is 10.5 Å². The highest BCUT2D eigenvalue weighted by molar-refractivity contribution is 6.39. The van der Waals surface area contributed by atoms with Crippen LogP contribution in [0.3, 0.4) is 0 Å². The summed E-state index contributed by atoms with van der Waals surface area (Å²) < 4.78 is 0. The molecule has 0 saturated carbocycles. The third-order valence-corrected chi connectivity index (χ3v) is 1.02. The first-order chi connectivity index (χ1) is 5.22. The molecule has 0 aromatic carbocycles. The quantitative estimate of drug-likeness (QED) is 0.189. The predicted octanol–water partition coefficient (Wildman–Crippen LogP) is -0.481. The molecule has 11 heavy (non-hydrogen) atoms. The van der Waals surface area contributed by atoms with Crippen molar-refractivity contribution in [3.8, 4) is 6.07 Å². The monoisotopic (exact) mass is 155 g/mol. The van der Waals surface area contributed by atoms with E-state index in [1.54, 1.807) is 0 Å². The van der Waals surface area contributed by atoms with Crippen molar-refractivity contribution in [2.24, 2.45) is 5.16 Å². The Balaban J connectivity index is 3.75. The molecule has 0 aromatic rings. The first-order valence-electron chi connectivity index (χ1n) is 3.02. The van der Waals surface area contributed by atoms with Crippen molar-refractivity contribution in [1.82, 2.24) is 5.32 Å². The number of carbonyl (C=O) groups excluding carboxylic acids is 1. The molecule has 2 N–H and O–H groups in total. The van der Waals surface area contributed by atoms with Crippen molar-refractivity contribution >= 4 is 11.5 Å². The third-order valence-electron chi connectivity index (χ3n) is 1.02. The molecule has 0 rings (SSSR count). The van der Waals surface area contributed by atoms with Gasteiger partial charge in [-0.25, -0.2) is 0 Å². The van der Waals surface area contributed by atoms with Crippen molar-refractivity contribution in [1.29, 1.82) is 5.26 Å². The third kappa shape index (κ3) is 4.06. The molecular formula is C6H9N3O2. The van der Waals surface area contributed by atoms with E-state index in [0.717, 1.165) is 0 Å². The van der Waals surface area contributed by atoms with Crippen LogP contribution in [0, 0.1) is 11.3 Å². The van der Waals surface area contributed by atoms with Gasteiger partial charge in [0.1, 0.15) is 5.71 Å². The Kier molecular flexibility index (Phi) is 4.69. The maximum atomic E-state index is 10.6. The maximum Gasteiger partial charge on any atom is 0.178 e. The lowest BCUT2D eigenvalue weighted by Crippen LogP contribution is -2.27. The van der Waals surface area contributed by atoms with Crippen LogP contribution in [0.2, 0.25) is 0 Å². The van der Waals surface area contributed by atoms with E-state index in [9.17, 15) is 4.79 Å². The minimum absolute atomic E-state index is 0.0280. The second kappa shape index (κ2) is 5.38. The smallest absolute Gasteiger partial charge is 0.178 e. The summed E-state index contributed by atoms with van der Waals surface area (Å²) in [5.41, 5.74) is 0.0280. The van der Waals surface area contributed by atoms with Gasteiger partial charge in [-0.3, -0.25) is 10.1 Å². The van der Waals surface area contributed by atoms with Gasteiger partial charge in [0.25, 0.3) is 0 Å². The summed E-state index contributed by atoms with van der Waals surface area (Å²) >= 11 is 0. The molecule has 0 spiro atoms. The molecule has 0 aromatic heterocycles. The number of carbonyl (C=O) groups is 1. The Morgan fingerprint density at radius 2 is 2.45 bits per heavy atom. The predicted molar refractivity (Wildman–Crippen MR) is 38.4 cm³/mol. The summed E-state index contributed by atoms with van der Waals surface area (Å²) in [7, 11) is 0. The summed E-state index contributed by atoms with van der Waals surface area (Å²) in [5.74, 6) is -0.307. The van der Waals surface area contributed by atoms with Gasteiger partial charge >= 0.3 is 0 Å². The number of nitrogens with zero attached hydrogens (tertiary/aromatic N) is 2. The highest BCUT2D eigenvalue weighted by Crippen LogP contribution is 1.77. The zero-order chi connectivity index (χ0) is 8.69. The number of hydrogen-bond donors (Lipinski definition) is 2. The van der Waals surface area contributed by atoms with Crippen molar-refractivity contribution in [2.45, 2.75) is 6.92 Å². The largest absolute Gasteiger partial charge is 0.411 e. The first kappa shape index (κ1) is 9.59. The molecule has 0 heterocycles. The maximum absolute atomic E-state index is 10.6. The van der Waals surface area contributed by atoms with Crippen molar-refractivity contribution in [3.63, 3.8) is 0 Å². The van der Waals surface area contributed by atoms with E-state index in [-0.39, 0.29) is 24.6 Å². The SMILES string of the molecule is CC(=O)/C(CNCC#N)=N/O. The zero-order valence-electron chi connectivity index (χ0n) is 6.16. The van der Waals surface area contributed by atoms with Crippen LogP contribution in [-0.2, 0) is 4.79 Å². The van der Waals surface area contributed by atoms with Gasteiger partial charge in [-0.15, -0.1) is 0 Å². The normalized spacial score (nSPS) is 10.7. The van der Waals surface area contributed by atoms with Crippen molar-refractivity contribution < 1.29 is 10.0 Å². The standard InChI is InChI=1S/C6H9N3O2/c1-5(10)6(9-11)4-8-3-2-7/h8,11H,3-4H2,1H3/b9-6+. The van der Waals surface area contributed by atoms with Crippen LogP contribution in [0.25, 0.3) is 0 Å². The van der Waals surface area contributed by atoms with E-state index >= 15 is 0 Å². The van der Waals surface area contributed by atoms with Crippen LogP contribution in [0.4, 0.5) is 0 Å². The van der Waals surface area contributed by atoms with Crippen LogP contribution in [-0.4, -0.2) is 29.8 Å².